The summed E-state index contributed by atoms with van der Waals surface area (Å²) < 4.78 is 25.2. The molecule has 2 aliphatic rings. The number of primary amides is 2. The summed E-state index contributed by atoms with van der Waals surface area (Å²) in [7, 11) is -3.26. The van der Waals surface area contributed by atoms with Crippen molar-refractivity contribution in [2.45, 2.75) is 18.7 Å². The fourth-order valence-electron chi connectivity index (χ4n) is 4.95. The fourth-order valence-corrected chi connectivity index (χ4v) is 6.52. The Morgan fingerprint density at radius 1 is 1.14 bits per heavy atom. The molecule has 0 saturated heterocycles. The minimum Gasteiger partial charge on any atom is -0.367 e. The first-order chi connectivity index (χ1) is 17.6. The zero-order valence-electron chi connectivity index (χ0n) is 20.4. The Morgan fingerprint density at radius 3 is 2.57 bits per heavy atom. The SMILES string of the molecule is Cc1c(-c2ccc(C(N)=O)c3[nH]c(C4=CCN(S(C)(=O)=O)CC4)cc23)cccc1N1C=CSC1C(N)=O. The first-order valence-corrected chi connectivity index (χ1v) is 14.4. The number of benzene rings is 2. The van der Waals surface area contributed by atoms with Crippen molar-refractivity contribution in [3.8, 4) is 11.1 Å². The van der Waals surface area contributed by atoms with Gasteiger partial charge in [-0.05, 0) is 59.2 Å². The summed E-state index contributed by atoms with van der Waals surface area (Å²) in [4.78, 5) is 29.5. The van der Waals surface area contributed by atoms with Crippen molar-refractivity contribution < 1.29 is 18.0 Å². The molecule has 2 aliphatic heterocycles. The minimum atomic E-state index is -3.26. The smallest absolute Gasteiger partial charge is 0.251 e. The van der Waals surface area contributed by atoms with Crippen LogP contribution in [0.4, 0.5) is 5.69 Å². The van der Waals surface area contributed by atoms with Crippen molar-refractivity contribution >= 4 is 55.8 Å². The Labute approximate surface area is 219 Å². The number of nitrogens with two attached hydrogens (primary N) is 2. The second-order valence-corrected chi connectivity index (χ2v) is 12.1. The van der Waals surface area contributed by atoms with Crippen LogP contribution in [0.25, 0.3) is 27.6 Å². The van der Waals surface area contributed by atoms with Crippen LogP contribution in [0.5, 0.6) is 0 Å². The van der Waals surface area contributed by atoms with E-state index in [4.69, 9.17) is 11.5 Å². The van der Waals surface area contributed by atoms with Crippen molar-refractivity contribution in [3.05, 3.63) is 70.9 Å². The van der Waals surface area contributed by atoms with Gasteiger partial charge in [-0.3, -0.25) is 9.59 Å². The third kappa shape index (κ3) is 4.54. The Hall–Kier alpha value is -3.54. The van der Waals surface area contributed by atoms with Crippen molar-refractivity contribution in [1.82, 2.24) is 9.29 Å². The van der Waals surface area contributed by atoms with Crippen molar-refractivity contribution in [2.75, 3.05) is 24.2 Å². The van der Waals surface area contributed by atoms with Gasteiger partial charge >= 0.3 is 0 Å². The Balaban J connectivity index is 1.62. The van der Waals surface area contributed by atoms with E-state index in [2.05, 4.69) is 4.98 Å². The zero-order chi connectivity index (χ0) is 26.5. The molecule has 0 spiro atoms. The standard InChI is InChI=1S/C26H27N5O4S2/c1-15-17(4-3-5-22(15)31-12-13-36-26(31)25(28)33)18-6-7-19(24(27)32)23-20(18)14-21(29-23)16-8-10-30(11-9-16)37(2,34)35/h3-8,12-14,26,29H,9-11H2,1-2H3,(H2,27,32)(H2,28,33). The molecule has 3 aromatic rings. The first kappa shape index (κ1) is 25.1. The van der Waals surface area contributed by atoms with Gasteiger partial charge in [0.25, 0.3) is 11.8 Å². The maximum atomic E-state index is 12.3. The monoisotopic (exact) mass is 537 g/mol. The summed E-state index contributed by atoms with van der Waals surface area (Å²) in [6, 6.07) is 11.5. The number of hydrogen-bond acceptors (Lipinski definition) is 6. The normalized spacial score (nSPS) is 18.4. The van der Waals surface area contributed by atoms with Crippen molar-refractivity contribution in [2.24, 2.45) is 11.5 Å². The molecule has 5 N–H and O–H groups in total. The minimum absolute atomic E-state index is 0.294. The van der Waals surface area contributed by atoms with Crippen LogP contribution in [0.2, 0.25) is 0 Å². The average Bonchev–Trinajstić information content (AvgIpc) is 3.51. The number of fused-ring (bicyclic) bond motifs is 1. The van der Waals surface area contributed by atoms with E-state index in [1.165, 1.54) is 22.3 Å². The van der Waals surface area contributed by atoms with Gasteiger partial charge in [0.15, 0.2) is 5.37 Å². The molecule has 0 fully saturated rings. The second kappa shape index (κ2) is 9.40. The van der Waals surface area contributed by atoms with Gasteiger partial charge < -0.3 is 21.4 Å². The molecule has 0 saturated carbocycles. The summed E-state index contributed by atoms with van der Waals surface area (Å²) in [5.74, 6) is -0.960. The number of aromatic nitrogens is 1. The molecule has 192 valence electrons. The van der Waals surface area contributed by atoms with Gasteiger partial charge in [0.05, 0.1) is 17.3 Å². The lowest BCUT2D eigenvalue weighted by atomic mass is 9.94. The summed E-state index contributed by atoms with van der Waals surface area (Å²) in [6.07, 6.45) is 5.50. The number of amides is 2. The third-order valence-electron chi connectivity index (χ3n) is 6.84. The topological polar surface area (TPSA) is 143 Å². The summed E-state index contributed by atoms with van der Waals surface area (Å²) in [5, 5.41) is 2.16. The van der Waals surface area contributed by atoms with Crippen LogP contribution < -0.4 is 16.4 Å². The van der Waals surface area contributed by atoms with E-state index in [1.807, 2.05) is 59.8 Å². The number of aromatic amines is 1. The summed E-state index contributed by atoms with van der Waals surface area (Å²) >= 11 is 1.36. The molecule has 0 bridgehead atoms. The zero-order valence-corrected chi connectivity index (χ0v) is 22.0. The van der Waals surface area contributed by atoms with Crippen molar-refractivity contribution in [1.29, 1.82) is 0 Å². The molecule has 9 nitrogen and oxygen atoms in total. The van der Waals surface area contributed by atoms with E-state index < -0.39 is 27.2 Å². The van der Waals surface area contributed by atoms with Gasteiger partial charge in [0, 0.05) is 36.1 Å². The highest BCUT2D eigenvalue weighted by Gasteiger charge is 2.28. The predicted molar refractivity (Wildman–Crippen MR) is 148 cm³/mol. The molecule has 0 radical (unpaired) electrons. The van der Waals surface area contributed by atoms with E-state index in [0.717, 1.165) is 39.0 Å². The lowest BCUT2D eigenvalue weighted by Crippen LogP contribution is -2.37. The number of carbonyl (C=O) groups excluding carboxylic acids is 2. The highest BCUT2D eigenvalue weighted by atomic mass is 32.2. The van der Waals surface area contributed by atoms with Gasteiger partial charge in [0.2, 0.25) is 10.0 Å². The number of carbonyl (C=O) groups is 2. The Morgan fingerprint density at radius 2 is 1.92 bits per heavy atom. The van der Waals surface area contributed by atoms with Crippen LogP contribution in [0, 0.1) is 6.92 Å². The third-order valence-corrected chi connectivity index (χ3v) is 9.11. The summed E-state index contributed by atoms with van der Waals surface area (Å²) in [6.45, 7) is 2.67. The largest absolute Gasteiger partial charge is 0.367 e. The van der Waals surface area contributed by atoms with E-state index in [9.17, 15) is 18.0 Å². The number of H-pyrrole nitrogens is 1. The molecule has 2 amide bonds. The van der Waals surface area contributed by atoms with Crippen LogP contribution in [-0.2, 0) is 14.8 Å². The highest BCUT2D eigenvalue weighted by Crippen LogP contribution is 2.40. The number of anilines is 1. The first-order valence-electron chi connectivity index (χ1n) is 11.7. The molecule has 0 aliphatic carbocycles. The maximum absolute atomic E-state index is 12.3. The van der Waals surface area contributed by atoms with E-state index >= 15 is 0 Å². The molecular formula is C26H27N5O4S2. The molecule has 1 unspecified atom stereocenters. The lowest BCUT2D eigenvalue weighted by molar-refractivity contribution is -0.117. The van der Waals surface area contributed by atoms with Gasteiger partial charge in [0.1, 0.15) is 0 Å². The highest BCUT2D eigenvalue weighted by molar-refractivity contribution is 8.03. The average molecular weight is 538 g/mol. The van der Waals surface area contributed by atoms with Crippen LogP contribution in [0.15, 0.2) is 54.1 Å². The fraction of sp³-hybridized carbons (Fsp3) is 0.231. The van der Waals surface area contributed by atoms with E-state index in [0.29, 0.717) is 30.6 Å². The molecule has 5 rings (SSSR count). The molecule has 2 aromatic carbocycles. The van der Waals surface area contributed by atoms with E-state index in [1.54, 1.807) is 6.07 Å². The number of sulfonamides is 1. The second-order valence-electron chi connectivity index (χ2n) is 9.13. The van der Waals surface area contributed by atoms with Crippen LogP contribution in [-0.4, -0.2) is 54.2 Å². The molecular weight excluding hydrogens is 510 g/mol. The van der Waals surface area contributed by atoms with Crippen LogP contribution in [0.3, 0.4) is 0 Å². The van der Waals surface area contributed by atoms with E-state index in [-0.39, 0.29) is 0 Å². The number of nitrogens with one attached hydrogen (secondary N) is 1. The van der Waals surface area contributed by atoms with Crippen LogP contribution in [0.1, 0.15) is 28.0 Å². The summed E-state index contributed by atoms with van der Waals surface area (Å²) in [5.41, 5.74) is 17.8. The Kier molecular flexibility index (Phi) is 6.38. The molecule has 1 atom stereocenters. The predicted octanol–water partition coefficient (Wildman–Crippen LogP) is 3.13. The molecule has 3 heterocycles. The van der Waals surface area contributed by atoms with Crippen LogP contribution >= 0.6 is 11.8 Å². The Bertz CT molecular complexity index is 1610. The number of thioether (sulfide) groups is 1. The molecule has 1 aromatic heterocycles. The number of hydrogen-bond donors (Lipinski definition) is 3. The van der Waals surface area contributed by atoms with Gasteiger partial charge in [-0.25, -0.2) is 8.42 Å². The van der Waals surface area contributed by atoms with Gasteiger partial charge in [-0.2, -0.15) is 4.31 Å². The lowest BCUT2D eigenvalue weighted by Gasteiger charge is -2.25. The number of rotatable bonds is 6. The molecule has 11 heteroatoms. The van der Waals surface area contributed by atoms with Gasteiger partial charge in [-0.15, -0.1) is 0 Å². The van der Waals surface area contributed by atoms with Gasteiger partial charge in [-0.1, -0.05) is 36.0 Å². The molecule has 37 heavy (non-hydrogen) atoms. The van der Waals surface area contributed by atoms with Crippen molar-refractivity contribution in [3.63, 3.8) is 0 Å². The maximum Gasteiger partial charge on any atom is 0.251 e. The quantitative estimate of drug-likeness (QED) is 0.441. The number of nitrogens with zero attached hydrogens (tertiary/aromatic N) is 2.